The zero-order valence-electron chi connectivity index (χ0n) is 18.7. The van der Waals surface area contributed by atoms with Gasteiger partial charge in [0, 0.05) is 24.2 Å². The number of carbonyl (C=O) groups excluding carboxylic acids is 1. The lowest BCUT2D eigenvalue weighted by molar-refractivity contribution is -0.119. The van der Waals surface area contributed by atoms with Gasteiger partial charge >= 0.3 is 0 Å². The van der Waals surface area contributed by atoms with Crippen molar-refractivity contribution in [2.24, 2.45) is 0 Å². The minimum atomic E-state index is -3.93. The van der Waals surface area contributed by atoms with Crippen LogP contribution in [0.25, 0.3) is 10.9 Å². The first-order valence-corrected chi connectivity index (χ1v) is 12.5. The molecule has 9 heteroatoms. The number of carbonyl (C=O) groups is 1. The van der Waals surface area contributed by atoms with E-state index in [1.165, 1.54) is 10.4 Å². The molecule has 1 saturated heterocycles. The monoisotopic (exact) mass is 469 g/mol. The molecule has 1 atom stereocenters. The fraction of sp³-hybridized carbons (Fsp3) is 0.333. The topological polar surface area (TPSA) is 97.8 Å². The van der Waals surface area contributed by atoms with Gasteiger partial charge in [0.1, 0.15) is 22.4 Å². The van der Waals surface area contributed by atoms with E-state index in [1.54, 1.807) is 36.5 Å². The second-order valence-corrected chi connectivity index (χ2v) is 9.48. The number of nitrogens with one attached hydrogen (secondary N) is 1. The number of benzene rings is 2. The summed E-state index contributed by atoms with van der Waals surface area (Å²) in [4.78, 5) is 17.6. The predicted molar refractivity (Wildman–Crippen MR) is 126 cm³/mol. The maximum Gasteiger partial charge on any atom is 0.245 e. The minimum absolute atomic E-state index is 0.105. The minimum Gasteiger partial charge on any atom is -0.494 e. The molecule has 8 nitrogen and oxygen atoms in total. The third kappa shape index (κ3) is 4.65. The van der Waals surface area contributed by atoms with Crippen LogP contribution in [0.15, 0.2) is 59.6 Å². The van der Waals surface area contributed by atoms with Crippen molar-refractivity contribution < 1.29 is 22.7 Å². The Morgan fingerprint density at radius 2 is 1.91 bits per heavy atom. The highest BCUT2D eigenvalue weighted by Crippen LogP contribution is 2.33. The number of hydrogen-bond donors (Lipinski definition) is 1. The molecule has 174 valence electrons. The Morgan fingerprint density at radius 1 is 1.12 bits per heavy atom. The molecular weight excluding hydrogens is 442 g/mol. The lowest BCUT2D eigenvalue weighted by atomic mass is 10.2. The van der Waals surface area contributed by atoms with Crippen LogP contribution in [0.1, 0.15) is 26.7 Å². The number of nitrogens with zero attached hydrogens (tertiary/aromatic N) is 2. The lowest BCUT2D eigenvalue weighted by Gasteiger charge is -2.24. The van der Waals surface area contributed by atoms with Crippen molar-refractivity contribution in [1.29, 1.82) is 0 Å². The maximum absolute atomic E-state index is 13.6. The first-order chi connectivity index (χ1) is 16.0. The maximum atomic E-state index is 13.6. The fourth-order valence-electron chi connectivity index (χ4n) is 4.06. The largest absolute Gasteiger partial charge is 0.494 e. The molecule has 2 aromatic carbocycles. The summed E-state index contributed by atoms with van der Waals surface area (Å²) in [7, 11) is -3.93. The lowest BCUT2D eigenvalue weighted by Crippen LogP contribution is -2.43. The van der Waals surface area contributed by atoms with Crippen molar-refractivity contribution in [1.82, 2.24) is 9.29 Å². The van der Waals surface area contributed by atoms with E-state index in [0.717, 1.165) is 5.39 Å². The summed E-state index contributed by atoms with van der Waals surface area (Å²) in [5, 5.41) is 3.59. The van der Waals surface area contributed by atoms with Crippen LogP contribution in [-0.4, -0.2) is 49.4 Å². The highest BCUT2D eigenvalue weighted by molar-refractivity contribution is 7.89. The zero-order chi connectivity index (χ0) is 23.4. The van der Waals surface area contributed by atoms with Gasteiger partial charge in [0.25, 0.3) is 0 Å². The molecule has 4 rings (SSSR count). The number of pyridine rings is 1. The average Bonchev–Trinajstić information content (AvgIpc) is 3.32. The van der Waals surface area contributed by atoms with Crippen LogP contribution in [0.2, 0.25) is 0 Å². The second kappa shape index (κ2) is 9.76. The Morgan fingerprint density at radius 3 is 2.70 bits per heavy atom. The molecule has 0 unspecified atom stereocenters. The first kappa shape index (κ1) is 23.0. The number of anilines is 1. The molecule has 0 spiro atoms. The number of sulfonamides is 1. The Bertz CT molecular complexity index is 1260. The summed E-state index contributed by atoms with van der Waals surface area (Å²) in [6.07, 6.45) is 2.58. The van der Waals surface area contributed by atoms with E-state index in [4.69, 9.17) is 9.47 Å². The van der Waals surface area contributed by atoms with Gasteiger partial charge in [0.2, 0.25) is 15.9 Å². The highest BCUT2D eigenvalue weighted by atomic mass is 32.2. The summed E-state index contributed by atoms with van der Waals surface area (Å²) in [5.74, 6) is 0.688. The summed E-state index contributed by atoms with van der Waals surface area (Å²) in [6, 6.07) is 13.0. The van der Waals surface area contributed by atoms with Gasteiger partial charge in [-0.15, -0.1) is 0 Å². The molecule has 0 bridgehead atoms. The van der Waals surface area contributed by atoms with Crippen molar-refractivity contribution in [2.45, 2.75) is 37.6 Å². The molecule has 0 radical (unpaired) electrons. The van der Waals surface area contributed by atoms with Crippen LogP contribution in [0.3, 0.4) is 0 Å². The Kier molecular flexibility index (Phi) is 6.80. The van der Waals surface area contributed by atoms with Gasteiger partial charge in [0.15, 0.2) is 0 Å². The predicted octanol–water partition coefficient (Wildman–Crippen LogP) is 3.82. The zero-order valence-corrected chi connectivity index (χ0v) is 19.5. The second-order valence-electron chi connectivity index (χ2n) is 7.62. The summed E-state index contributed by atoms with van der Waals surface area (Å²) < 4.78 is 39.6. The Balaban J connectivity index is 1.63. The molecule has 33 heavy (non-hydrogen) atoms. The molecule has 1 fully saturated rings. The Labute approximate surface area is 193 Å². The summed E-state index contributed by atoms with van der Waals surface area (Å²) >= 11 is 0. The van der Waals surface area contributed by atoms with Crippen molar-refractivity contribution in [3.8, 4) is 11.5 Å². The van der Waals surface area contributed by atoms with Gasteiger partial charge in [-0.25, -0.2) is 8.42 Å². The summed E-state index contributed by atoms with van der Waals surface area (Å²) in [6.45, 7) is 4.90. The van der Waals surface area contributed by atoms with Crippen molar-refractivity contribution >= 4 is 32.5 Å². The molecule has 3 aromatic rings. The molecule has 1 aliphatic heterocycles. The van der Waals surface area contributed by atoms with E-state index in [1.807, 2.05) is 26.0 Å². The normalized spacial score (nSPS) is 16.6. The number of amides is 1. The molecular formula is C24H27N3O5S. The van der Waals surface area contributed by atoms with E-state index in [0.29, 0.717) is 48.8 Å². The number of fused-ring (bicyclic) bond motifs is 1. The van der Waals surface area contributed by atoms with E-state index in [9.17, 15) is 13.2 Å². The number of aromatic nitrogens is 1. The smallest absolute Gasteiger partial charge is 0.245 e. The summed E-state index contributed by atoms with van der Waals surface area (Å²) in [5.41, 5.74) is 0.845. The number of rotatable bonds is 8. The number of hydrogen-bond acceptors (Lipinski definition) is 6. The molecule has 1 aliphatic rings. The highest BCUT2D eigenvalue weighted by Gasteiger charge is 2.40. The van der Waals surface area contributed by atoms with Crippen LogP contribution < -0.4 is 14.8 Å². The van der Waals surface area contributed by atoms with Gasteiger partial charge in [-0.2, -0.15) is 4.31 Å². The van der Waals surface area contributed by atoms with Crippen molar-refractivity contribution in [3.63, 3.8) is 0 Å². The van der Waals surface area contributed by atoms with Crippen molar-refractivity contribution in [2.75, 3.05) is 25.1 Å². The van der Waals surface area contributed by atoms with Crippen molar-refractivity contribution in [3.05, 3.63) is 54.7 Å². The fourth-order valence-corrected chi connectivity index (χ4v) is 5.88. The van der Waals surface area contributed by atoms with Gasteiger partial charge in [0.05, 0.1) is 24.4 Å². The van der Waals surface area contributed by atoms with E-state index >= 15 is 0 Å². The third-order valence-electron chi connectivity index (χ3n) is 5.51. The molecule has 0 saturated carbocycles. The van der Waals surface area contributed by atoms with Gasteiger partial charge in [-0.3, -0.25) is 9.78 Å². The molecule has 1 N–H and O–H groups in total. The van der Waals surface area contributed by atoms with Crippen LogP contribution in [0.5, 0.6) is 11.5 Å². The first-order valence-electron chi connectivity index (χ1n) is 11.0. The van der Waals surface area contributed by atoms with Gasteiger partial charge in [-0.1, -0.05) is 18.2 Å². The van der Waals surface area contributed by atoms with Gasteiger partial charge in [-0.05, 0) is 51.0 Å². The quantitative estimate of drug-likeness (QED) is 0.539. The van der Waals surface area contributed by atoms with Crippen LogP contribution in [0.4, 0.5) is 5.69 Å². The van der Waals surface area contributed by atoms with Crippen LogP contribution in [-0.2, 0) is 14.8 Å². The Hall–Kier alpha value is -3.17. The third-order valence-corrected chi connectivity index (χ3v) is 7.45. The SMILES string of the molecule is CCOc1ccc(OCC)c(NC(=O)[C@H]2CCCN2S(=O)(=O)c2cccc3cccnc23)c1. The van der Waals surface area contributed by atoms with E-state index in [-0.39, 0.29) is 11.4 Å². The van der Waals surface area contributed by atoms with Gasteiger partial charge < -0.3 is 14.8 Å². The molecule has 1 aromatic heterocycles. The number of para-hydroxylation sites is 1. The van der Waals surface area contributed by atoms with E-state index in [2.05, 4.69) is 10.3 Å². The van der Waals surface area contributed by atoms with E-state index < -0.39 is 22.0 Å². The van der Waals surface area contributed by atoms with Crippen LogP contribution in [0, 0.1) is 0 Å². The molecule has 0 aliphatic carbocycles. The number of ether oxygens (including phenoxy) is 2. The molecule has 2 heterocycles. The van der Waals surface area contributed by atoms with Crippen LogP contribution >= 0.6 is 0 Å². The average molecular weight is 470 g/mol. The molecule has 1 amide bonds. The standard InChI is InChI=1S/C24H27N3O5S/c1-3-31-18-12-13-21(32-4-2)19(16-18)26-24(28)20-10-7-15-27(20)33(29,30)22-11-5-8-17-9-6-14-25-23(17)22/h5-6,8-9,11-14,16,20H,3-4,7,10,15H2,1-2H3,(H,26,28)/t20-/m1/s1.